The van der Waals surface area contributed by atoms with Crippen LogP contribution in [0.1, 0.15) is 99.8 Å². The second-order valence-corrected chi connectivity index (χ2v) is 14.0. The Hall–Kier alpha value is -1.09. The zero-order valence-corrected chi connectivity index (χ0v) is 22.0. The SMILES string of the molecule is C[C@H]1[C@H](C)CC[C@]2(C)CC[C@]3(C)C(=CC=C4[C@@]5(C)CC[C@@H](O)[C@](C)(C(=O)O)[C@@H]5CC[C@]43C)[C@H]12. The van der Waals surface area contributed by atoms with E-state index < -0.39 is 17.5 Å². The third kappa shape index (κ3) is 2.69. The van der Waals surface area contributed by atoms with Crippen molar-refractivity contribution in [2.45, 2.75) is 106 Å². The second kappa shape index (κ2) is 6.99. The van der Waals surface area contributed by atoms with Gasteiger partial charge in [-0.25, -0.2) is 0 Å². The molecular formula is C30H46O3. The summed E-state index contributed by atoms with van der Waals surface area (Å²) in [7, 11) is 0. The van der Waals surface area contributed by atoms with E-state index in [4.69, 9.17) is 0 Å². The van der Waals surface area contributed by atoms with Crippen molar-refractivity contribution in [1.29, 1.82) is 0 Å². The molecule has 33 heavy (non-hydrogen) atoms. The molecule has 0 aromatic rings. The van der Waals surface area contributed by atoms with Gasteiger partial charge in [0.1, 0.15) is 0 Å². The Kier molecular flexibility index (Phi) is 5.01. The molecule has 0 amide bonds. The van der Waals surface area contributed by atoms with Crippen LogP contribution in [0.4, 0.5) is 0 Å². The number of fused-ring (bicyclic) bond motifs is 7. The highest BCUT2D eigenvalue weighted by Gasteiger charge is 2.67. The Morgan fingerprint density at radius 1 is 0.879 bits per heavy atom. The van der Waals surface area contributed by atoms with Crippen LogP contribution < -0.4 is 0 Å². The van der Waals surface area contributed by atoms with Crippen LogP contribution in [0.15, 0.2) is 23.3 Å². The lowest BCUT2D eigenvalue weighted by molar-refractivity contribution is -0.181. The fourth-order valence-electron chi connectivity index (χ4n) is 10.1. The van der Waals surface area contributed by atoms with E-state index in [0.29, 0.717) is 23.7 Å². The summed E-state index contributed by atoms with van der Waals surface area (Å²) in [6.45, 7) is 16.7. The van der Waals surface area contributed by atoms with E-state index in [0.717, 1.165) is 25.2 Å². The summed E-state index contributed by atoms with van der Waals surface area (Å²) in [5.74, 6) is 1.28. The molecule has 0 saturated heterocycles. The summed E-state index contributed by atoms with van der Waals surface area (Å²) in [6.07, 6.45) is 12.8. The van der Waals surface area contributed by atoms with Crippen molar-refractivity contribution < 1.29 is 15.0 Å². The topological polar surface area (TPSA) is 57.5 Å². The first-order chi connectivity index (χ1) is 15.3. The fraction of sp³-hybridized carbons (Fsp3) is 0.833. The van der Waals surface area contributed by atoms with Gasteiger partial charge >= 0.3 is 5.97 Å². The lowest BCUT2D eigenvalue weighted by Crippen LogP contribution is -2.63. The van der Waals surface area contributed by atoms with Crippen LogP contribution >= 0.6 is 0 Å². The van der Waals surface area contributed by atoms with Crippen molar-refractivity contribution in [3.05, 3.63) is 23.3 Å². The number of aliphatic hydroxyl groups is 1. The van der Waals surface area contributed by atoms with Gasteiger partial charge in [0.05, 0.1) is 11.5 Å². The minimum absolute atomic E-state index is 0.0217. The van der Waals surface area contributed by atoms with Crippen LogP contribution in [-0.4, -0.2) is 22.3 Å². The first-order valence-electron chi connectivity index (χ1n) is 13.6. The molecule has 0 bridgehead atoms. The first-order valence-corrected chi connectivity index (χ1v) is 13.6. The van der Waals surface area contributed by atoms with Crippen molar-refractivity contribution in [3.63, 3.8) is 0 Å². The molecule has 0 unspecified atom stereocenters. The largest absolute Gasteiger partial charge is 0.481 e. The van der Waals surface area contributed by atoms with Gasteiger partial charge in [-0.15, -0.1) is 0 Å². The van der Waals surface area contributed by atoms with Gasteiger partial charge < -0.3 is 10.2 Å². The van der Waals surface area contributed by atoms with Crippen molar-refractivity contribution in [2.24, 2.45) is 50.7 Å². The molecule has 0 aromatic carbocycles. The van der Waals surface area contributed by atoms with Gasteiger partial charge in [0.15, 0.2) is 0 Å². The van der Waals surface area contributed by atoms with Crippen LogP contribution in [0.5, 0.6) is 0 Å². The van der Waals surface area contributed by atoms with E-state index in [1.165, 1.54) is 31.3 Å². The van der Waals surface area contributed by atoms with E-state index in [9.17, 15) is 15.0 Å². The summed E-state index contributed by atoms with van der Waals surface area (Å²) in [5.41, 5.74) is 2.55. The predicted molar refractivity (Wildman–Crippen MR) is 133 cm³/mol. The number of carboxylic acids is 1. The number of carboxylic acid groups (broad SMARTS) is 1. The minimum atomic E-state index is -1.07. The molecule has 10 atom stereocenters. The third-order valence-corrected chi connectivity index (χ3v) is 12.9. The molecule has 184 valence electrons. The molecule has 0 aliphatic heterocycles. The summed E-state index contributed by atoms with van der Waals surface area (Å²) in [5, 5.41) is 21.1. The molecule has 2 N–H and O–H groups in total. The first kappa shape index (κ1) is 23.6. The zero-order valence-electron chi connectivity index (χ0n) is 22.0. The number of hydrogen-bond acceptors (Lipinski definition) is 2. The number of aliphatic carboxylic acids is 1. The quantitative estimate of drug-likeness (QED) is 0.448. The number of rotatable bonds is 1. The highest BCUT2D eigenvalue weighted by Crippen LogP contribution is 2.74. The minimum Gasteiger partial charge on any atom is -0.481 e. The van der Waals surface area contributed by atoms with Crippen molar-refractivity contribution in [2.75, 3.05) is 0 Å². The molecule has 4 saturated carbocycles. The van der Waals surface area contributed by atoms with E-state index in [2.05, 4.69) is 53.7 Å². The maximum Gasteiger partial charge on any atom is 0.312 e. The van der Waals surface area contributed by atoms with E-state index in [1.54, 1.807) is 5.57 Å². The summed E-state index contributed by atoms with van der Waals surface area (Å²) < 4.78 is 0. The lowest BCUT2D eigenvalue weighted by atomic mass is 9.36. The predicted octanol–water partition coefficient (Wildman–Crippen LogP) is 7.01. The Morgan fingerprint density at radius 2 is 1.58 bits per heavy atom. The number of carbonyl (C=O) groups is 1. The molecular weight excluding hydrogens is 408 g/mol. The van der Waals surface area contributed by atoms with Gasteiger partial charge in [0.25, 0.3) is 0 Å². The Bertz CT molecular complexity index is 933. The van der Waals surface area contributed by atoms with Crippen LogP contribution in [0.25, 0.3) is 0 Å². The van der Waals surface area contributed by atoms with Gasteiger partial charge in [0.2, 0.25) is 0 Å². The standard InChI is InChI=1S/C30H46O3/c1-18-10-13-26(3)16-17-28(5)20(24(26)19(18)2)8-9-21-27(4)14-12-23(31)30(7,25(32)33)22(27)11-15-29(21,28)6/h8-9,18-19,22-24,31H,10-17H2,1-7H3,(H,32,33)/t18-,19+,22-,23-,24+,26-,27-,28-,29-,30-/m1/s1. The average Bonchev–Trinajstić information content (AvgIpc) is 2.75. The number of aliphatic hydroxyl groups excluding tert-OH is 1. The molecule has 0 radical (unpaired) electrons. The molecule has 3 nitrogen and oxygen atoms in total. The smallest absolute Gasteiger partial charge is 0.312 e. The molecule has 0 heterocycles. The van der Waals surface area contributed by atoms with Crippen molar-refractivity contribution >= 4 is 5.97 Å². The van der Waals surface area contributed by atoms with Gasteiger partial charge in [-0.3, -0.25) is 4.79 Å². The van der Waals surface area contributed by atoms with Crippen LogP contribution in [0.2, 0.25) is 0 Å². The average molecular weight is 455 g/mol. The summed E-state index contributed by atoms with van der Waals surface area (Å²) in [4.78, 5) is 12.5. The maximum absolute atomic E-state index is 12.5. The maximum atomic E-state index is 12.5. The van der Waals surface area contributed by atoms with E-state index in [-0.39, 0.29) is 22.2 Å². The Labute approximate surface area is 201 Å². The number of allylic oxidation sites excluding steroid dienone is 4. The third-order valence-electron chi connectivity index (χ3n) is 12.9. The fourth-order valence-corrected chi connectivity index (χ4v) is 10.1. The van der Waals surface area contributed by atoms with Gasteiger partial charge in [-0.2, -0.15) is 0 Å². The lowest BCUT2D eigenvalue weighted by Gasteiger charge is -2.68. The molecule has 4 fully saturated rings. The van der Waals surface area contributed by atoms with Gasteiger partial charge in [0, 0.05) is 0 Å². The number of hydrogen-bond donors (Lipinski definition) is 2. The molecule has 0 aromatic heterocycles. The van der Waals surface area contributed by atoms with Gasteiger partial charge in [-0.05, 0) is 104 Å². The normalized spacial score (nSPS) is 55.8. The summed E-state index contributed by atoms with van der Waals surface area (Å²) in [6, 6.07) is 0. The van der Waals surface area contributed by atoms with Crippen molar-refractivity contribution in [3.8, 4) is 0 Å². The van der Waals surface area contributed by atoms with Crippen LogP contribution in [0, 0.1) is 50.7 Å². The highest BCUT2D eigenvalue weighted by atomic mass is 16.4. The molecule has 5 aliphatic carbocycles. The molecule has 5 rings (SSSR count). The van der Waals surface area contributed by atoms with E-state index in [1.807, 2.05) is 6.92 Å². The molecule has 0 spiro atoms. The van der Waals surface area contributed by atoms with Crippen LogP contribution in [-0.2, 0) is 4.79 Å². The second-order valence-electron chi connectivity index (χ2n) is 14.0. The Morgan fingerprint density at radius 3 is 2.24 bits per heavy atom. The highest BCUT2D eigenvalue weighted by molar-refractivity contribution is 5.76. The molecule has 3 heteroatoms. The van der Waals surface area contributed by atoms with Crippen molar-refractivity contribution in [1.82, 2.24) is 0 Å². The van der Waals surface area contributed by atoms with Gasteiger partial charge in [-0.1, -0.05) is 64.8 Å². The Balaban J connectivity index is 1.65. The molecule has 5 aliphatic rings. The van der Waals surface area contributed by atoms with E-state index >= 15 is 0 Å². The van der Waals surface area contributed by atoms with Crippen LogP contribution in [0.3, 0.4) is 0 Å². The summed E-state index contributed by atoms with van der Waals surface area (Å²) >= 11 is 0. The monoisotopic (exact) mass is 454 g/mol. The zero-order chi connectivity index (χ0) is 24.2.